The monoisotopic (exact) mass is 194 g/mol. The van der Waals surface area contributed by atoms with E-state index in [2.05, 4.69) is 23.3 Å². The summed E-state index contributed by atoms with van der Waals surface area (Å²) >= 11 is 0. The smallest absolute Gasteiger partial charge is 0.0944 e. The molecule has 0 amide bonds. The number of aromatic nitrogens is 1. The zero-order valence-electron chi connectivity index (χ0n) is 8.62. The lowest BCUT2D eigenvalue weighted by atomic mass is 10.1. The van der Waals surface area contributed by atoms with Crippen molar-refractivity contribution in [1.82, 2.24) is 10.3 Å². The van der Waals surface area contributed by atoms with Crippen molar-refractivity contribution in [2.24, 2.45) is 5.92 Å². The lowest BCUT2D eigenvalue weighted by Crippen LogP contribution is -2.15. The molecule has 1 aliphatic heterocycles. The standard InChI is InChI=1S/C11H18N2O/c1-9(11-3-2-5-13-11)14-8-10-4-6-12-7-10/h2-3,5,9-10,12-13H,4,6-8H2,1H3/t9-,10+/m0/s1. The van der Waals surface area contributed by atoms with Crippen LogP contribution in [0.15, 0.2) is 18.3 Å². The molecule has 2 heterocycles. The molecule has 2 atom stereocenters. The lowest BCUT2D eigenvalue weighted by molar-refractivity contribution is 0.0413. The Morgan fingerprint density at radius 2 is 2.57 bits per heavy atom. The first-order chi connectivity index (χ1) is 6.86. The third-order valence-electron chi connectivity index (χ3n) is 2.80. The molecule has 0 aromatic carbocycles. The highest BCUT2D eigenvalue weighted by Crippen LogP contribution is 2.17. The predicted molar refractivity (Wildman–Crippen MR) is 56.1 cm³/mol. The van der Waals surface area contributed by atoms with Gasteiger partial charge < -0.3 is 15.0 Å². The summed E-state index contributed by atoms with van der Waals surface area (Å²) in [7, 11) is 0. The molecule has 1 aromatic rings. The molecule has 78 valence electrons. The van der Waals surface area contributed by atoms with Gasteiger partial charge in [0.2, 0.25) is 0 Å². The minimum atomic E-state index is 0.186. The summed E-state index contributed by atoms with van der Waals surface area (Å²) in [5.74, 6) is 0.701. The molecule has 1 aromatic heterocycles. The Hall–Kier alpha value is -0.800. The van der Waals surface area contributed by atoms with Gasteiger partial charge in [0.25, 0.3) is 0 Å². The van der Waals surface area contributed by atoms with Crippen molar-refractivity contribution in [2.75, 3.05) is 19.7 Å². The van der Waals surface area contributed by atoms with Gasteiger partial charge in [-0.1, -0.05) is 0 Å². The Labute approximate surface area is 84.9 Å². The van der Waals surface area contributed by atoms with Crippen molar-refractivity contribution in [2.45, 2.75) is 19.4 Å². The average Bonchev–Trinajstić information content (AvgIpc) is 2.87. The fourth-order valence-corrected chi connectivity index (χ4v) is 1.82. The maximum Gasteiger partial charge on any atom is 0.0944 e. The highest BCUT2D eigenvalue weighted by molar-refractivity contribution is 5.06. The highest BCUT2D eigenvalue weighted by atomic mass is 16.5. The van der Waals surface area contributed by atoms with Crippen molar-refractivity contribution in [3.8, 4) is 0 Å². The minimum absolute atomic E-state index is 0.186. The summed E-state index contributed by atoms with van der Waals surface area (Å²) in [5, 5.41) is 3.34. The van der Waals surface area contributed by atoms with Crippen molar-refractivity contribution < 1.29 is 4.74 Å². The van der Waals surface area contributed by atoms with E-state index in [4.69, 9.17) is 4.74 Å². The van der Waals surface area contributed by atoms with Gasteiger partial charge in [0.1, 0.15) is 0 Å². The number of rotatable bonds is 4. The first-order valence-corrected chi connectivity index (χ1v) is 5.32. The van der Waals surface area contributed by atoms with Crippen LogP contribution in [0.1, 0.15) is 25.1 Å². The van der Waals surface area contributed by atoms with E-state index in [0.717, 1.165) is 25.4 Å². The van der Waals surface area contributed by atoms with Crippen LogP contribution in [0.2, 0.25) is 0 Å². The Balaban J connectivity index is 1.74. The first-order valence-electron chi connectivity index (χ1n) is 5.32. The molecular weight excluding hydrogens is 176 g/mol. The fraction of sp³-hybridized carbons (Fsp3) is 0.636. The molecule has 0 radical (unpaired) electrons. The van der Waals surface area contributed by atoms with Crippen LogP contribution in [-0.4, -0.2) is 24.7 Å². The number of hydrogen-bond acceptors (Lipinski definition) is 2. The van der Waals surface area contributed by atoms with Crippen molar-refractivity contribution in [3.05, 3.63) is 24.0 Å². The molecule has 0 saturated carbocycles. The van der Waals surface area contributed by atoms with Gasteiger partial charge >= 0.3 is 0 Å². The SMILES string of the molecule is C[C@H](OC[C@@H]1CCNC1)c1ccc[nH]1. The Bertz CT molecular complexity index is 252. The Morgan fingerprint density at radius 1 is 1.64 bits per heavy atom. The molecule has 2 N–H and O–H groups in total. The van der Waals surface area contributed by atoms with E-state index >= 15 is 0 Å². The van der Waals surface area contributed by atoms with Gasteiger partial charge in [-0.25, -0.2) is 0 Å². The van der Waals surface area contributed by atoms with Gasteiger partial charge in [-0.3, -0.25) is 0 Å². The number of hydrogen-bond donors (Lipinski definition) is 2. The molecule has 14 heavy (non-hydrogen) atoms. The molecular formula is C11H18N2O. The summed E-state index contributed by atoms with van der Waals surface area (Å²) in [6.07, 6.45) is 3.37. The van der Waals surface area contributed by atoms with Gasteiger partial charge in [0.15, 0.2) is 0 Å². The molecule has 3 nitrogen and oxygen atoms in total. The summed E-state index contributed by atoms with van der Waals surface area (Å²) in [6, 6.07) is 4.07. The number of ether oxygens (including phenoxy) is 1. The molecule has 3 heteroatoms. The second-order valence-corrected chi connectivity index (χ2v) is 3.96. The van der Waals surface area contributed by atoms with E-state index in [1.165, 1.54) is 6.42 Å². The van der Waals surface area contributed by atoms with E-state index in [0.29, 0.717) is 5.92 Å². The average molecular weight is 194 g/mol. The van der Waals surface area contributed by atoms with Crippen molar-refractivity contribution >= 4 is 0 Å². The van der Waals surface area contributed by atoms with Gasteiger partial charge in [-0.05, 0) is 37.9 Å². The van der Waals surface area contributed by atoms with E-state index < -0.39 is 0 Å². The van der Waals surface area contributed by atoms with Gasteiger partial charge in [0.05, 0.1) is 12.7 Å². The van der Waals surface area contributed by atoms with E-state index in [1.54, 1.807) is 0 Å². The van der Waals surface area contributed by atoms with Crippen molar-refractivity contribution in [1.29, 1.82) is 0 Å². The molecule has 0 bridgehead atoms. The third-order valence-corrected chi connectivity index (χ3v) is 2.80. The maximum atomic E-state index is 5.80. The van der Waals surface area contributed by atoms with Crippen LogP contribution in [0.3, 0.4) is 0 Å². The summed E-state index contributed by atoms with van der Waals surface area (Å²) in [6.45, 7) is 5.21. The topological polar surface area (TPSA) is 37.0 Å². The Morgan fingerprint density at radius 3 is 3.21 bits per heavy atom. The lowest BCUT2D eigenvalue weighted by Gasteiger charge is -2.14. The normalized spacial score (nSPS) is 23.9. The fourth-order valence-electron chi connectivity index (χ4n) is 1.82. The maximum absolute atomic E-state index is 5.80. The molecule has 1 aliphatic rings. The molecule has 1 fully saturated rings. The number of aromatic amines is 1. The zero-order chi connectivity index (χ0) is 9.80. The molecule has 0 unspecified atom stereocenters. The van der Waals surface area contributed by atoms with Gasteiger partial charge in [0, 0.05) is 18.4 Å². The van der Waals surface area contributed by atoms with Crippen LogP contribution < -0.4 is 5.32 Å². The van der Waals surface area contributed by atoms with Crippen LogP contribution in [0.25, 0.3) is 0 Å². The van der Waals surface area contributed by atoms with Crippen LogP contribution >= 0.6 is 0 Å². The molecule has 0 aliphatic carbocycles. The summed E-state index contributed by atoms with van der Waals surface area (Å²) in [4.78, 5) is 3.17. The Kier molecular flexibility index (Phi) is 3.22. The minimum Gasteiger partial charge on any atom is -0.372 e. The molecule has 2 rings (SSSR count). The van der Waals surface area contributed by atoms with Gasteiger partial charge in [-0.2, -0.15) is 0 Å². The van der Waals surface area contributed by atoms with E-state index in [1.807, 2.05) is 12.3 Å². The van der Waals surface area contributed by atoms with Crippen LogP contribution in [-0.2, 0) is 4.74 Å². The third kappa shape index (κ3) is 2.36. The predicted octanol–water partition coefficient (Wildman–Crippen LogP) is 1.70. The second-order valence-electron chi connectivity index (χ2n) is 3.96. The quantitative estimate of drug-likeness (QED) is 0.765. The highest BCUT2D eigenvalue weighted by Gasteiger charge is 2.16. The summed E-state index contributed by atoms with van der Waals surface area (Å²) in [5.41, 5.74) is 1.16. The zero-order valence-corrected chi connectivity index (χ0v) is 8.62. The summed E-state index contributed by atoms with van der Waals surface area (Å²) < 4.78 is 5.80. The van der Waals surface area contributed by atoms with Crippen molar-refractivity contribution in [3.63, 3.8) is 0 Å². The van der Waals surface area contributed by atoms with Crippen LogP contribution in [0, 0.1) is 5.92 Å². The molecule has 1 saturated heterocycles. The van der Waals surface area contributed by atoms with Crippen LogP contribution in [0.4, 0.5) is 0 Å². The van der Waals surface area contributed by atoms with Crippen LogP contribution in [0.5, 0.6) is 0 Å². The van der Waals surface area contributed by atoms with E-state index in [9.17, 15) is 0 Å². The molecule has 0 spiro atoms. The number of H-pyrrole nitrogens is 1. The number of nitrogens with one attached hydrogen (secondary N) is 2. The second kappa shape index (κ2) is 4.62. The first kappa shape index (κ1) is 9.74. The van der Waals surface area contributed by atoms with Gasteiger partial charge in [-0.15, -0.1) is 0 Å². The van der Waals surface area contributed by atoms with E-state index in [-0.39, 0.29) is 6.10 Å². The largest absolute Gasteiger partial charge is 0.372 e.